The molecule has 3 fully saturated rings. The number of rotatable bonds is 23. The molecule has 3 aliphatic rings. The van der Waals surface area contributed by atoms with Crippen LogP contribution in [-0.2, 0) is 27.9 Å². The number of hydrogen-bond donors (Lipinski definition) is 2. The summed E-state index contributed by atoms with van der Waals surface area (Å²) >= 11 is 0. The van der Waals surface area contributed by atoms with Crippen molar-refractivity contribution in [2.45, 2.75) is 199 Å². The van der Waals surface area contributed by atoms with E-state index in [1.54, 1.807) is 0 Å². The predicted octanol–water partition coefficient (Wildman–Crippen LogP) is 9.19. The number of ether oxygens (including phenoxy) is 2. The number of allylic oxidation sites excluding steroid dienone is 2. The van der Waals surface area contributed by atoms with Crippen LogP contribution in [0.1, 0.15) is 163 Å². The Morgan fingerprint density at radius 1 is 0.891 bits per heavy atom. The van der Waals surface area contributed by atoms with Crippen LogP contribution in [0.4, 0.5) is 0 Å². The summed E-state index contributed by atoms with van der Waals surface area (Å²) in [5, 5.41) is 19.4. The van der Waals surface area contributed by atoms with Gasteiger partial charge in [-0.25, -0.2) is 0 Å². The first-order valence-corrected chi connectivity index (χ1v) is 20.5. The number of carbonyl (C=O) groups excluding carboxylic acids is 1. The molecule has 46 heavy (non-hydrogen) atoms. The molecule has 0 bridgehead atoms. The summed E-state index contributed by atoms with van der Waals surface area (Å²) < 4.78 is 37.1. The molecule has 8 atom stereocenters. The third-order valence-electron chi connectivity index (χ3n) is 10.8. The Labute approximate surface area is 280 Å². The van der Waals surface area contributed by atoms with Gasteiger partial charge in [0.25, 0.3) is 0 Å². The average Bonchev–Trinajstić information content (AvgIpc) is 3.61. The number of unbranched alkanes of at least 4 members (excludes halogenated alkanes) is 8. The summed E-state index contributed by atoms with van der Waals surface area (Å²) in [7, 11) is -3.06. The maximum absolute atomic E-state index is 13.5. The Morgan fingerprint density at radius 3 is 2.20 bits per heavy atom. The first kappa shape index (κ1) is 39.7. The summed E-state index contributed by atoms with van der Waals surface area (Å²) in [5.74, 6) is 0.148. The number of hydrogen-bond acceptors (Lipinski definition) is 8. The molecule has 2 saturated heterocycles. The number of aliphatic hydroxyl groups excluding tert-OH is 2. The molecular formula is C37H67O8P. The van der Waals surface area contributed by atoms with Gasteiger partial charge in [0.05, 0.1) is 42.8 Å². The highest BCUT2D eigenvalue weighted by Crippen LogP contribution is 2.62. The lowest BCUT2D eigenvalue weighted by atomic mass is 9.83. The molecule has 0 aromatic carbocycles. The van der Waals surface area contributed by atoms with Crippen molar-refractivity contribution in [1.82, 2.24) is 0 Å². The van der Waals surface area contributed by atoms with Gasteiger partial charge in [0.15, 0.2) is 0 Å². The van der Waals surface area contributed by atoms with E-state index in [1.165, 1.54) is 24.8 Å². The smallest absolute Gasteiger partial charge is 0.331 e. The van der Waals surface area contributed by atoms with Gasteiger partial charge in [-0.05, 0) is 104 Å². The summed E-state index contributed by atoms with van der Waals surface area (Å²) in [6.45, 7) is 11.2. The van der Waals surface area contributed by atoms with Crippen molar-refractivity contribution >= 4 is 13.6 Å². The Kier molecular flexibility index (Phi) is 16.8. The molecule has 1 aliphatic carbocycles. The highest BCUT2D eigenvalue weighted by Gasteiger charge is 2.51. The number of carbonyl (C=O) groups is 1. The molecule has 8 unspecified atom stereocenters. The molecule has 9 heteroatoms. The van der Waals surface area contributed by atoms with Crippen LogP contribution in [0.5, 0.6) is 0 Å². The fourth-order valence-corrected chi connectivity index (χ4v) is 9.70. The Morgan fingerprint density at radius 2 is 1.57 bits per heavy atom. The van der Waals surface area contributed by atoms with Gasteiger partial charge in [-0.1, -0.05) is 70.4 Å². The van der Waals surface area contributed by atoms with Crippen LogP contribution in [0.3, 0.4) is 0 Å². The van der Waals surface area contributed by atoms with Crippen molar-refractivity contribution in [2.24, 2.45) is 5.92 Å². The van der Waals surface area contributed by atoms with Crippen LogP contribution >= 0.6 is 7.60 Å². The van der Waals surface area contributed by atoms with Gasteiger partial charge in [-0.3, -0.25) is 13.9 Å². The van der Waals surface area contributed by atoms with Crippen LogP contribution in [0.2, 0.25) is 0 Å². The summed E-state index contributed by atoms with van der Waals surface area (Å²) in [5.41, 5.74) is 0.940. The molecule has 8 nitrogen and oxygen atoms in total. The lowest BCUT2D eigenvalue weighted by molar-refractivity contribution is -0.144. The van der Waals surface area contributed by atoms with Gasteiger partial charge in [0.1, 0.15) is 5.60 Å². The third kappa shape index (κ3) is 13.3. The molecule has 3 rings (SSSR count). The average molecular weight is 671 g/mol. The largest absolute Gasteiger partial charge is 0.466 e. The molecule has 2 aliphatic heterocycles. The van der Waals surface area contributed by atoms with Crippen LogP contribution < -0.4 is 0 Å². The molecule has 268 valence electrons. The van der Waals surface area contributed by atoms with Gasteiger partial charge in [-0.2, -0.15) is 0 Å². The summed E-state index contributed by atoms with van der Waals surface area (Å²) in [4.78, 5) is 12.0. The van der Waals surface area contributed by atoms with E-state index in [0.29, 0.717) is 44.1 Å². The zero-order chi connectivity index (χ0) is 33.6. The van der Waals surface area contributed by atoms with Crippen molar-refractivity contribution in [3.8, 4) is 0 Å². The number of esters is 1. The Bertz CT molecular complexity index is 986. The minimum atomic E-state index is -3.06. The quantitative estimate of drug-likeness (QED) is 0.0364. The summed E-state index contributed by atoms with van der Waals surface area (Å²) in [6.07, 6.45) is 20.5. The fraction of sp³-hybridized carbons (Fsp3) is 0.919. The number of aliphatic hydroxyl groups is 2. The second kappa shape index (κ2) is 19.4. The molecule has 2 heterocycles. The maximum atomic E-state index is 13.5. The molecule has 0 aromatic heterocycles. The van der Waals surface area contributed by atoms with Gasteiger partial charge >= 0.3 is 13.6 Å². The second-order valence-electron chi connectivity index (χ2n) is 14.9. The number of epoxide rings is 1. The van der Waals surface area contributed by atoms with Crippen LogP contribution in [-0.4, -0.2) is 64.6 Å². The lowest BCUT2D eigenvalue weighted by Crippen LogP contribution is -2.35. The molecule has 0 amide bonds. The third-order valence-corrected chi connectivity index (χ3v) is 13.0. The zero-order valence-electron chi connectivity index (χ0n) is 29.8. The Balaban J connectivity index is 1.17. The minimum Gasteiger partial charge on any atom is -0.466 e. The van der Waals surface area contributed by atoms with Crippen LogP contribution in [0.25, 0.3) is 0 Å². The van der Waals surface area contributed by atoms with E-state index in [2.05, 4.69) is 40.7 Å². The first-order chi connectivity index (χ1) is 21.9. The standard InChI is InChI=1S/C37H67O8P/c1-6-33-37(5,43-33)25-17-18-29(3)19-23-34-36(4,7-2)45-46(41,44-34)27-16-14-12-10-8-9-11-13-15-26-42-35(40)24-21-30-20-22-31(38)32(39)28-30/h18,30-34,38-39H,6-17,19-28H2,1-5H3. The second-order valence-corrected chi connectivity index (χ2v) is 17.0. The summed E-state index contributed by atoms with van der Waals surface area (Å²) in [6, 6.07) is 0. The molecule has 1 saturated carbocycles. The topological polar surface area (TPSA) is 115 Å². The molecule has 0 spiro atoms. The molecule has 2 N–H and O–H groups in total. The highest BCUT2D eigenvalue weighted by molar-refractivity contribution is 7.54. The van der Waals surface area contributed by atoms with Gasteiger partial charge < -0.3 is 24.2 Å². The van der Waals surface area contributed by atoms with E-state index in [9.17, 15) is 19.6 Å². The van der Waals surface area contributed by atoms with Crippen molar-refractivity contribution in [1.29, 1.82) is 0 Å². The van der Waals surface area contributed by atoms with E-state index in [-0.39, 0.29) is 17.7 Å². The molecule has 0 radical (unpaired) electrons. The van der Waals surface area contributed by atoms with Gasteiger partial charge in [0.2, 0.25) is 0 Å². The zero-order valence-corrected chi connectivity index (χ0v) is 30.7. The first-order valence-electron chi connectivity index (χ1n) is 18.8. The van der Waals surface area contributed by atoms with E-state index < -0.39 is 25.4 Å². The van der Waals surface area contributed by atoms with Crippen LogP contribution in [0.15, 0.2) is 11.6 Å². The van der Waals surface area contributed by atoms with Crippen molar-refractivity contribution in [2.75, 3.05) is 12.8 Å². The Hall–Kier alpha value is -0.760. The lowest BCUT2D eigenvalue weighted by Gasteiger charge is -2.29. The monoisotopic (exact) mass is 670 g/mol. The normalized spacial score (nSPS) is 34.6. The van der Waals surface area contributed by atoms with Crippen molar-refractivity contribution in [3.63, 3.8) is 0 Å². The molecule has 0 aromatic rings. The highest BCUT2D eigenvalue weighted by atomic mass is 31.2. The van der Waals surface area contributed by atoms with Crippen molar-refractivity contribution < 1.29 is 38.1 Å². The van der Waals surface area contributed by atoms with E-state index in [1.807, 2.05) is 0 Å². The van der Waals surface area contributed by atoms with Crippen LogP contribution in [0, 0.1) is 5.92 Å². The van der Waals surface area contributed by atoms with E-state index in [0.717, 1.165) is 89.9 Å². The van der Waals surface area contributed by atoms with Gasteiger partial charge in [0, 0.05) is 6.42 Å². The predicted molar refractivity (Wildman–Crippen MR) is 184 cm³/mol. The van der Waals surface area contributed by atoms with E-state index >= 15 is 0 Å². The minimum absolute atomic E-state index is 0.0663. The fourth-order valence-electron chi connectivity index (χ4n) is 7.25. The SMILES string of the molecule is CCC1OC1(C)CCC=C(C)CCC1OP(=O)(CCCCCCCCCCCOC(=O)CCC2CCC(O)C(O)C2)OC1(C)CC. The maximum Gasteiger partial charge on any atom is 0.331 e. The van der Waals surface area contributed by atoms with Crippen molar-refractivity contribution in [3.05, 3.63) is 11.6 Å². The van der Waals surface area contributed by atoms with E-state index in [4.69, 9.17) is 18.5 Å². The molecular weight excluding hydrogens is 603 g/mol. The van der Waals surface area contributed by atoms with Gasteiger partial charge in [-0.15, -0.1) is 0 Å².